The Morgan fingerprint density at radius 2 is 1.93 bits per heavy atom. The summed E-state index contributed by atoms with van der Waals surface area (Å²) in [6.07, 6.45) is 12.8. The minimum atomic E-state index is 0.153. The predicted octanol–water partition coefficient (Wildman–Crippen LogP) is 4.62. The van der Waals surface area contributed by atoms with E-state index in [-0.39, 0.29) is 6.10 Å². The number of hydrogen-bond donors (Lipinski definition) is 0. The Morgan fingerprint density at radius 1 is 1.15 bits per heavy atom. The number of imidazole rings is 1. The lowest BCUT2D eigenvalue weighted by Crippen LogP contribution is -2.25. The lowest BCUT2D eigenvalue weighted by atomic mass is 9.85. The Kier molecular flexibility index (Phi) is 7.91. The molecule has 148 valence electrons. The van der Waals surface area contributed by atoms with Crippen LogP contribution >= 0.6 is 0 Å². The largest absolute Gasteiger partial charge is 0.370 e. The summed E-state index contributed by atoms with van der Waals surface area (Å²) in [6.45, 7) is 2.98. The SMILES string of the molecule is CN(CCCOC(c1nccn1C)C1CCCCC1)CCc1ccccc1. The van der Waals surface area contributed by atoms with Crippen LogP contribution in [0.4, 0.5) is 0 Å². The van der Waals surface area contributed by atoms with Gasteiger partial charge in [0.25, 0.3) is 0 Å². The molecular weight excluding hydrogens is 334 g/mol. The van der Waals surface area contributed by atoms with Crippen molar-refractivity contribution in [2.45, 2.75) is 51.0 Å². The van der Waals surface area contributed by atoms with Crippen LogP contribution in [0.5, 0.6) is 0 Å². The molecule has 1 heterocycles. The molecule has 0 saturated heterocycles. The van der Waals surface area contributed by atoms with Gasteiger partial charge in [0.2, 0.25) is 0 Å². The molecule has 0 amide bonds. The Balaban J connectivity index is 1.42. The zero-order valence-corrected chi connectivity index (χ0v) is 17.0. The molecule has 1 aromatic heterocycles. The van der Waals surface area contributed by atoms with Crippen molar-refractivity contribution in [3.8, 4) is 0 Å². The maximum Gasteiger partial charge on any atom is 0.137 e. The molecule has 2 aromatic rings. The normalized spacial score (nSPS) is 16.7. The van der Waals surface area contributed by atoms with Gasteiger partial charge in [0.1, 0.15) is 11.9 Å². The second-order valence-corrected chi connectivity index (χ2v) is 7.98. The van der Waals surface area contributed by atoms with Crippen LogP contribution in [-0.4, -0.2) is 41.2 Å². The van der Waals surface area contributed by atoms with Gasteiger partial charge in [-0.2, -0.15) is 0 Å². The Morgan fingerprint density at radius 3 is 2.63 bits per heavy atom. The van der Waals surface area contributed by atoms with Gasteiger partial charge in [-0.1, -0.05) is 49.6 Å². The van der Waals surface area contributed by atoms with Crippen molar-refractivity contribution in [2.75, 3.05) is 26.7 Å². The van der Waals surface area contributed by atoms with Crippen LogP contribution in [0, 0.1) is 5.92 Å². The zero-order valence-electron chi connectivity index (χ0n) is 17.0. The van der Waals surface area contributed by atoms with E-state index >= 15 is 0 Å². The van der Waals surface area contributed by atoms with E-state index in [1.165, 1.54) is 37.7 Å². The fourth-order valence-corrected chi connectivity index (χ4v) is 4.13. The summed E-state index contributed by atoms with van der Waals surface area (Å²) in [7, 11) is 4.29. The molecular formula is C23H35N3O. The van der Waals surface area contributed by atoms with Gasteiger partial charge in [-0.3, -0.25) is 0 Å². The first-order valence-electron chi connectivity index (χ1n) is 10.6. The van der Waals surface area contributed by atoms with E-state index in [2.05, 4.69) is 58.9 Å². The topological polar surface area (TPSA) is 30.3 Å². The van der Waals surface area contributed by atoms with Crippen LogP contribution in [0.2, 0.25) is 0 Å². The molecule has 3 rings (SSSR count). The van der Waals surface area contributed by atoms with Crippen LogP contribution in [0.15, 0.2) is 42.7 Å². The summed E-state index contributed by atoms with van der Waals surface area (Å²) in [5, 5.41) is 0. The van der Waals surface area contributed by atoms with Crippen molar-refractivity contribution >= 4 is 0 Å². The molecule has 0 spiro atoms. The van der Waals surface area contributed by atoms with E-state index < -0.39 is 0 Å². The van der Waals surface area contributed by atoms with E-state index in [0.717, 1.165) is 38.4 Å². The number of likely N-dealkylation sites (N-methyl/N-ethyl adjacent to an activating group) is 1. The average Bonchev–Trinajstić information content (AvgIpc) is 3.13. The van der Waals surface area contributed by atoms with Gasteiger partial charge in [-0.05, 0) is 44.2 Å². The lowest BCUT2D eigenvalue weighted by Gasteiger charge is -2.30. The Labute approximate surface area is 164 Å². The number of aromatic nitrogens is 2. The zero-order chi connectivity index (χ0) is 18.9. The minimum absolute atomic E-state index is 0.153. The van der Waals surface area contributed by atoms with Crippen molar-refractivity contribution in [2.24, 2.45) is 13.0 Å². The van der Waals surface area contributed by atoms with Crippen LogP contribution in [0.3, 0.4) is 0 Å². The van der Waals surface area contributed by atoms with E-state index in [0.29, 0.717) is 5.92 Å². The van der Waals surface area contributed by atoms with Crippen LogP contribution in [0.1, 0.15) is 56.0 Å². The first-order valence-corrected chi connectivity index (χ1v) is 10.6. The van der Waals surface area contributed by atoms with Crippen molar-refractivity contribution in [3.05, 3.63) is 54.1 Å². The third-order valence-corrected chi connectivity index (χ3v) is 5.80. The third-order valence-electron chi connectivity index (χ3n) is 5.80. The fraction of sp³-hybridized carbons (Fsp3) is 0.609. The molecule has 0 radical (unpaired) electrons. The molecule has 0 aliphatic heterocycles. The van der Waals surface area contributed by atoms with Gasteiger partial charge in [0.15, 0.2) is 0 Å². The van der Waals surface area contributed by atoms with Crippen molar-refractivity contribution < 1.29 is 4.74 Å². The molecule has 27 heavy (non-hydrogen) atoms. The number of rotatable bonds is 10. The highest BCUT2D eigenvalue weighted by atomic mass is 16.5. The quantitative estimate of drug-likeness (QED) is 0.572. The minimum Gasteiger partial charge on any atom is -0.370 e. The van der Waals surface area contributed by atoms with E-state index in [1.54, 1.807) is 0 Å². The standard InChI is InChI=1S/C23H35N3O/c1-25(17-14-20-10-5-3-6-11-20)16-9-19-27-22(21-12-7-4-8-13-21)23-24-15-18-26(23)2/h3,5-6,10-11,15,18,21-22H,4,7-9,12-14,16-17,19H2,1-2H3. The number of hydrogen-bond acceptors (Lipinski definition) is 3. The first kappa shape index (κ1) is 20.1. The summed E-state index contributed by atoms with van der Waals surface area (Å²) in [5.41, 5.74) is 1.41. The highest BCUT2D eigenvalue weighted by Gasteiger charge is 2.28. The highest BCUT2D eigenvalue weighted by Crippen LogP contribution is 2.36. The van der Waals surface area contributed by atoms with Gasteiger partial charge in [-0.15, -0.1) is 0 Å². The Bertz CT molecular complexity index is 649. The third kappa shape index (κ3) is 6.18. The Hall–Kier alpha value is -1.65. The van der Waals surface area contributed by atoms with Crippen molar-refractivity contribution in [1.29, 1.82) is 0 Å². The maximum absolute atomic E-state index is 6.41. The van der Waals surface area contributed by atoms with Gasteiger partial charge in [0, 0.05) is 39.1 Å². The smallest absolute Gasteiger partial charge is 0.137 e. The fourth-order valence-electron chi connectivity index (χ4n) is 4.13. The van der Waals surface area contributed by atoms with Gasteiger partial charge >= 0.3 is 0 Å². The highest BCUT2D eigenvalue weighted by molar-refractivity contribution is 5.14. The molecule has 0 bridgehead atoms. The van der Waals surface area contributed by atoms with Crippen LogP contribution in [-0.2, 0) is 18.2 Å². The summed E-state index contributed by atoms with van der Waals surface area (Å²) in [5.74, 6) is 1.72. The van der Waals surface area contributed by atoms with E-state index in [4.69, 9.17) is 4.74 Å². The number of ether oxygens (including phenoxy) is 1. The molecule has 1 aliphatic carbocycles. The predicted molar refractivity (Wildman–Crippen MR) is 111 cm³/mol. The second-order valence-electron chi connectivity index (χ2n) is 7.98. The van der Waals surface area contributed by atoms with Gasteiger partial charge in [-0.25, -0.2) is 4.98 Å². The number of nitrogens with zero attached hydrogens (tertiary/aromatic N) is 3. The summed E-state index contributed by atoms with van der Waals surface area (Å²) < 4.78 is 8.54. The first-order chi connectivity index (χ1) is 13.2. The maximum atomic E-state index is 6.41. The van der Waals surface area contributed by atoms with Gasteiger partial charge in [0.05, 0.1) is 0 Å². The second kappa shape index (κ2) is 10.6. The summed E-state index contributed by atoms with van der Waals surface area (Å²) in [4.78, 5) is 7.01. The van der Waals surface area contributed by atoms with E-state index in [1.807, 2.05) is 12.4 Å². The number of benzene rings is 1. The monoisotopic (exact) mass is 369 g/mol. The molecule has 1 fully saturated rings. The molecule has 1 aliphatic rings. The molecule has 1 unspecified atom stereocenters. The van der Waals surface area contributed by atoms with E-state index in [9.17, 15) is 0 Å². The van der Waals surface area contributed by atoms with Gasteiger partial charge < -0.3 is 14.2 Å². The lowest BCUT2D eigenvalue weighted by molar-refractivity contribution is -0.0116. The average molecular weight is 370 g/mol. The van der Waals surface area contributed by atoms with Crippen LogP contribution in [0.25, 0.3) is 0 Å². The van der Waals surface area contributed by atoms with Crippen molar-refractivity contribution in [3.63, 3.8) is 0 Å². The molecule has 0 N–H and O–H groups in total. The molecule has 4 heteroatoms. The summed E-state index contributed by atoms with van der Waals surface area (Å²) in [6, 6.07) is 10.7. The van der Waals surface area contributed by atoms with Crippen molar-refractivity contribution in [1.82, 2.24) is 14.5 Å². The molecule has 1 aromatic carbocycles. The summed E-state index contributed by atoms with van der Waals surface area (Å²) >= 11 is 0. The van der Waals surface area contributed by atoms with Crippen LogP contribution < -0.4 is 0 Å². The number of aryl methyl sites for hydroxylation is 1. The molecule has 1 atom stereocenters. The molecule has 4 nitrogen and oxygen atoms in total. The molecule has 1 saturated carbocycles.